The number of aromatic hydroxyl groups is 1. The summed E-state index contributed by atoms with van der Waals surface area (Å²) < 4.78 is 5.20. The average Bonchev–Trinajstić information content (AvgIpc) is 3.39. The lowest BCUT2D eigenvalue weighted by molar-refractivity contribution is -0.121. The summed E-state index contributed by atoms with van der Waals surface area (Å²) in [4.78, 5) is 27.1. The minimum absolute atomic E-state index is 0.0210. The fourth-order valence-corrected chi connectivity index (χ4v) is 4.11. The highest BCUT2D eigenvalue weighted by molar-refractivity contribution is 8.16. The van der Waals surface area contributed by atoms with Crippen molar-refractivity contribution in [3.05, 3.63) is 78.3 Å². The maximum atomic E-state index is 13.1. The van der Waals surface area contributed by atoms with E-state index in [1.807, 2.05) is 31.2 Å². The monoisotopic (exact) mass is 448 g/mol. The van der Waals surface area contributed by atoms with E-state index in [0.29, 0.717) is 22.3 Å². The molecule has 2 heterocycles. The van der Waals surface area contributed by atoms with E-state index in [-0.39, 0.29) is 24.0 Å². The lowest BCUT2D eigenvalue weighted by atomic mass is 10.2. The largest absolute Gasteiger partial charge is 0.508 e. The molecule has 1 saturated heterocycles. The molecular weight excluding hydrogens is 428 g/mol. The highest BCUT2D eigenvalue weighted by Crippen LogP contribution is 2.34. The van der Waals surface area contributed by atoms with Crippen molar-refractivity contribution in [3.8, 4) is 5.75 Å². The second kappa shape index (κ2) is 9.52. The zero-order chi connectivity index (χ0) is 22.5. The van der Waals surface area contributed by atoms with Crippen LogP contribution in [0.25, 0.3) is 0 Å². The van der Waals surface area contributed by atoms with Gasteiger partial charge >= 0.3 is 0 Å². The Hall–Kier alpha value is -3.85. The Morgan fingerprint density at radius 3 is 2.62 bits per heavy atom. The standard InChI is InChI=1S/C23H20N4O4S/c1-15-4-6-16(7-5-15)25-21(29)13-20-22(30)27(17-8-10-18(28)11-9-17)23(32-20)26-24-14-19-3-2-12-31-19/h2-12,14,20,28H,13H2,1H3,(H,25,29). The molecule has 1 aliphatic heterocycles. The fourth-order valence-electron chi connectivity index (χ4n) is 3.02. The van der Waals surface area contributed by atoms with Gasteiger partial charge in [-0.1, -0.05) is 29.5 Å². The predicted octanol–water partition coefficient (Wildman–Crippen LogP) is 4.16. The van der Waals surface area contributed by atoms with Gasteiger partial charge in [0.1, 0.15) is 16.8 Å². The van der Waals surface area contributed by atoms with Gasteiger partial charge in [0, 0.05) is 12.1 Å². The molecule has 1 fully saturated rings. The highest BCUT2D eigenvalue weighted by Gasteiger charge is 2.40. The van der Waals surface area contributed by atoms with E-state index in [1.54, 1.807) is 24.3 Å². The number of carbonyl (C=O) groups excluding carboxylic acids is 2. The molecule has 0 radical (unpaired) electrons. The summed E-state index contributed by atoms with van der Waals surface area (Å²) in [5.74, 6) is 0.0441. The molecule has 0 bridgehead atoms. The number of furan rings is 1. The first-order valence-electron chi connectivity index (χ1n) is 9.80. The van der Waals surface area contributed by atoms with Crippen LogP contribution in [0.5, 0.6) is 5.75 Å². The Balaban J connectivity index is 1.53. The van der Waals surface area contributed by atoms with E-state index in [4.69, 9.17) is 4.42 Å². The number of anilines is 2. The number of phenols is 1. The molecule has 1 atom stereocenters. The van der Waals surface area contributed by atoms with Crippen molar-refractivity contribution in [1.29, 1.82) is 0 Å². The zero-order valence-electron chi connectivity index (χ0n) is 17.1. The van der Waals surface area contributed by atoms with Crippen molar-refractivity contribution in [2.45, 2.75) is 18.6 Å². The second-order valence-electron chi connectivity index (χ2n) is 7.06. The predicted molar refractivity (Wildman–Crippen MR) is 125 cm³/mol. The van der Waals surface area contributed by atoms with Crippen molar-refractivity contribution in [2.24, 2.45) is 10.2 Å². The minimum Gasteiger partial charge on any atom is -0.508 e. The number of carbonyl (C=O) groups is 2. The van der Waals surface area contributed by atoms with Gasteiger partial charge in [0.2, 0.25) is 11.8 Å². The summed E-state index contributed by atoms with van der Waals surface area (Å²) in [5, 5.41) is 20.3. The Morgan fingerprint density at radius 2 is 1.94 bits per heavy atom. The van der Waals surface area contributed by atoms with Crippen LogP contribution in [0.2, 0.25) is 0 Å². The third kappa shape index (κ3) is 5.06. The van der Waals surface area contributed by atoms with E-state index in [9.17, 15) is 14.7 Å². The van der Waals surface area contributed by atoms with Crippen LogP contribution in [0.3, 0.4) is 0 Å². The topological polar surface area (TPSA) is 108 Å². The summed E-state index contributed by atoms with van der Waals surface area (Å²) in [5.41, 5.74) is 2.28. The van der Waals surface area contributed by atoms with Gasteiger partial charge in [0.15, 0.2) is 5.17 Å². The van der Waals surface area contributed by atoms with Gasteiger partial charge in [-0.2, -0.15) is 5.10 Å². The molecular formula is C23H20N4O4S. The number of aryl methyl sites for hydroxylation is 1. The van der Waals surface area contributed by atoms with Gasteiger partial charge in [-0.05, 0) is 55.5 Å². The number of hydrogen-bond acceptors (Lipinski definition) is 7. The van der Waals surface area contributed by atoms with Gasteiger partial charge in [0.25, 0.3) is 0 Å². The molecule has 2 N–H and O–H groups in total. The van der Waals surface area contributed by atoms with Crippen molar-refractivity contribution in [1.82, 2.24) is 0 Å². The van der Waals surface area contributed by atoms with E-state index >= 15 is 0 Å². The Labute approximate surface area is 188 Å². The van der Waals surface area contributed by atoms with Crippen LogP contribution in [-0.2, 0) is 9.59 Å². The number of phenolic OH excluding ortho intramolecular Hbond substituents is 1. The zero-order valence-corrected chi connectivity index (χ0v) is 18.0. The second-order valence-corrected chi connectivity index (χ2v) is 8.23. The van der Waals surface area contributed by atoms with Gasteiger partial charge in [-0.25, -0.2) is 0 Å². The summed E-state index contributed by atoms with van der Waals surface area (Å²) in [6, 6.07) is 17.1. The third-order valence-electron chi connectivity index (χ3n) is 4.62. The summed E-state index contributed by atoms with van der Waals surface area (Å²) in [6.07, 6.45) is 2.94. The molecule has 0 aliphatic carbocycles. The van der Waals surface area contributed by atoms with Crippen LogP contribution in [0, 0.1) is 6.92 Å². The van der Waals surface area contributed by atoms with Crippen molar-refractivity contribution in [2.75, 3.05) is 10.2 Å². The molecule has 3 aromatic rings. The van der Waals surface area contributed by atoms with E-state index < -0.39 is 5.25 Å². The van der Waals surface area contributed by atoms with Crippen LogP contribution < -0.4 is 10.2 Å². The third-order valence-corrected chi connectivity index (χ3v) is 5.75. The maximum absolute atomic E-state index is 13.1. The van der Waals surface area contributed by atoms with E-state index in [1.165, 1.54) is 29.5 Å². The van der Waals surface area contributed by atoms with E-state index in [2.05, 4.69) is 15.5 Å². The molecule has 162 valence electrons. The molecule has 0 saturated carbocycles. The molecule has 1 aliphatic rings. The molecule has 2 aromatic carbocycles. The maximum Gasteiger partial charge on any atom is 0.247 e. The number of amidine groups is 1. The number of rotatable bonds is 6. The minimum atomic E-state index is -0.660. The van der Waals surface area contributed by atoms with E-state index in [0.717, 1.165) is 17.3 Å². The highest BCUT2D eigenvalue weighted by atomic mass is 32.2. The van der Waals surface area contributed by atoms with Crippen LogP contribution in [0.4, 0.5) is 11.4 Å². The van der Waals surface area contributed by atoms with Crippen LogP contribution >= 0.6 is 11.8 Å². The van der Waals surface area contributed by atoms with Crippen LogP contribution in [0.15, 0.2) is 81.5 Å². The lowest BCUT2D eigenvalue weighted by Gasteiger charge is -2.15. The molecule has 9 heteroatoms. The van der Waals surface area contributed by atoms with Gasteiger partial charge in [-0.15, -0.1) is 5.10 Å². The van der Waals surface area contributed by atoms with Gasteiger partial charge in [0.05, 0.1) is 18.2 Å². The van der Waals surface area contributed by atoms with Crippen molar-refractivity contribution in [3.63, 3.8) is 0 Å². The lowest BCUT2D eigenvalue weighted by Crippen LogP contribution is -2.33. The first-order valence-corrected chi connectivity index (χ1v) is 10.7. The first-order chi connectivity index (χ1) is 15.5. The number of nitrogens with one attached hydrogen (secondary N) is 1. The summed E-state index contributed by atoms with van der Waals surface area (Å²) >= 11 is 1.16. The molecule has 0 spiro atoms. The summed E-state index contributed by atoms with van der Waals surface area (Å²) in [6.45, 7) is 1.96. The quantitative estimate of drug-likeness (QED) is 0.435. The Morgan fingerprint density at radius 1 is 1.19 bits per heavy atom. The van der Waals surface area contributed by atoms with Gasteiger partial charge < -0.3 is 14.8 Å². The average molecular weight is 449 g/mol. The first kappa shape index (κ1) is 21.4. The summed E-state index contributed by atoms with van der Waals surface area (Å²) in [7, 11) is 0. The van der Waals surface area contributed by atoms with Crippen molar-refractivity contribution < 1.29 is 19.1 Å². The number of hydrogen-bond donors (Lipinski definition) is 2. The Bertz CT molecular complexity index is 1160. The Kier molecular flexibility index (Phi) is 6.37. The number of benzene rings is 2. The SMILES string of the molecule is Cc1ccc(NC(=O)CC2SC(=NN=Cc3ccco3)N(c3ccc(O)cc3)C2=O)cc1. The van der Waals surface area contributed by atoms with Gasteiger partial charge in [-0.3, -0.25) is 14.5 Å². The van der Waals surface area contributed by atoms with Crippen LogP contribution in [0.1, 0.15) is 17.7 Å². The molecule has 1 aromatic heterocycles. The molecule has 8 nitrogen and oxygen atoms in total. The smallest absolute Gasteiger partial charge is 0.247 e. The fraction of sp³-hybridized carbons (Fsp3) is 0.130. The normalized spacial score (nSPS) is 17.4. The molecule has 32 heavy (non-hydrogen) atoms. The van der Waals surface area contributed by atoms with Crippen molar-refractivity contribution >= 4 is 46.3 Å². The molecule has 1 unspecified atom stereocenters. The molecule has 4 rings (SSSR count). The molecule has 2 amide bonds. The number of amides is 2. The van der Waals surface area contributed by atoms with Crippen LogP contribution in [-0.4, -0.2) is 33.6 Å². The number of nitrogens with zero attached hydrogens (tertiary/aromatic N) is 3. The number of thioether (sulfide) groups is 1.